The summed E-state index contributed by atoms with van der Waals surface area (Å²) in [7, 11) is 0. The van der Waals surface area contributed by atoms with Gasteiger partial charge in [0.05, 0.1) is 6.04 Å². The third kappa shape index (κ3) is 1.79. The highest BCUT2D eigenvalue weighted by molar-refractivity contribution is 7.09. The number of carbonyl (C=O) groups excluding carboxylic acids is 1. The van der Waals surface area contributed by atoms with E-state index in [0.717, 1.165) is 5.01 Å². The highest BCUT2D eigenvalue weighted by Crippen LogP contribution is 2.15. The van der Waals surface area contributed by atoms with Crippen LogP contribution in [-0.4, -0.2) is 10.9 Å². The Labute approximate surface area is 73.7 Å². The highest BCUT2D eigenvalue weighted by atomic mass is 32.1. The van der Waals surface area contributed by atoms with Crippen molar-refractivity contribution in [2.75, 3.05) is 0 Å². The zero-order valence-electron chi connectivity index (χ0n) is 6.57. The Kier molecular flexibility index (Phi) is 2.74. The summed E-state index contributed by atoms with van der Waals surface area (Å²) in [5.74, 6) is 4.53. The molecule has 0 radical (unpaired) electrons. The number of rotatable bonds is 2. The Morgan fingerprint density at radius 3 is 2.92 bits per heavy atom. The fraction of sp³-hybridized carbons (Fsp3) is 0.333. The number of aromatic nitrogens is 1. The maximum Gasteiger partial charge on any atom is 0.284 e. The van der Waals surface area contributed by atoms with Gasteiger partial charge < -0.3 is 5.73 Å². The van der Waals surface area contributed by atoms with Crippen LogP contribution >= 0.6 is 11.3 Å². The van der Waals surface area contributed by atoms with E-state index in [9.17, 15) is 4.79 Å². The van der Waals surface area contributed by atoms with E-state index in [0.29, 0.717) is 5.69 Å². The lowest BCUT2D eigenvalue weighted by molar-refractivity contribution is 0.0949. The number of nitrogen functional groups attached to an aromatic ring is 1. The molecular formula is C6H10N4OS. The normalized spacial score (nSPS) is 12.6. The molecule has 1 amide bonds. The van der Waals surface area contributed by atoms with E-state index < -0.39 is 5.91 Å². The summed E-state index contributed by atoms with van der Waals surface area (Å²) in [5, 5.41) is 2.36. The number of hydrogen-bond donors (Lipinski definition) is 3. The van der Waals surface area contributed by atoms with Crippen molar-refractivity contribution in [3.63, 3.8) is 0 Å². The zero-order chi connectivity index (χ0) is 9.14. The zero-order valence-corrected chi connectivity index (χ0v) is 7.39. The highest BCUT2D eigenvalue weighted by Gasteiger charge is 2.10. The summed E-state index contributed by atoms with van der Waals surface area (Å²) in [6.07, 6.45) is 0. The van der Waals surface area contributed by atoms with Crippen molar-refractivity contribution < 1.29 is 4.79 Å². The quantitative estimate of drug-likeness (QED) is 0.338. The molecule has 0 saturated heterocycles. The molecule has 0 aliphatic rings. The lowest BCUT2D eigenvalue weighted by Gasteiger charge is -1.96. The van der Waals surface area contributed by atoms with Crippen LogP contribution < -0.4 is 17.0 Å². The Hall–Kier alpha value is -0.980. The second-order valence-electron chi connectivity index (χ2n) is 2.33. The molecule has 0 aliphatic heterocycles. The van der Waals surface area contributed by atoms with Gasteiger partial charge in [0.1, 0.15) is 10.7 Å². The third-order valence-electron chi connectivity index (χ3n) is 1.28. The summed E-state index contributed by atoms with van der Waals surface area (Å²) in [5.41, 5.74) is 7.87. The Morgan fingerprint density at radius 2 is 2.50 bits per heavy atom. The van der Waals surface area contributed by atoms with E-state index in [1.807, 2.05) is 12.3 Å². The molecular weight excluding hydrogens is 176 g/mol. The average molecular weight is 186 g/mol. The number of hydrazine groups is 1. The van der Waals surface area contributed by atoms with Gasteiger partial charge in [0.25, 0.3) is 5.91 Å². The number of nitrogens with two attached hydrogens (primary N) is 2. The minimum Gasteiger partial charge on any atom is -0.322 e. The van der Waals surface area contributed by atoms with Crippen LogP contribution in [0.2, 0.25) is 0 Å². The molecule has 0 fully saturated rings. The van der Waals surface area contributed by atoms with Crippen LogP contribution in [0.5, 0.6) is 0 Å². The molecule has 66 valence electrons. The Bertz CT molecular complexity index is 283. The first-order valence-corrected chi connectivity index (χ1v) is 4.25. The summed E-state index contributed by atoms with van der Waals surface area (Å²) in [4.78, 5) is 14.9. The molecule has 1 aromatic heterocycles. The second kappa shape index (κ2) is 3.61. The van der Waals surface area contributed by atoms with Gasteiger partial charge in [0.2, 0.25) is 0 Å². The number of carbonyl (C=O) groups is 1. The average Bonchev–Trinajstić information content (AvgIpc) is 2.51. The molecule has 1 atom stereocenters. The van der Waals surface area contributed by atoms with Gasteiger partial charge in [-0.2, -0.15) is 0 Å². The minimum absolute atomic E-state index is 0.144. The van der Waals surface area contributed by atoms with Gasteiger partial charge >= 0.3 is 0 Å². The summed E-state index contributed by atoms with van der Waals surface area (Å²) in [6.45, 7) is 1.81. The van der Waals surface area contributed by atoms with Crippen molar-refractivity contribution in [1.82, 2.24) is 10.4 Å². The smallest absolute Gasteiger partial charge is 0.284 e. The third-order valence-corrected chi connectivity index (χ3v) is 2.32. The van der Waals surface area contributed by atoms with E-state index >= 15 is 0 Å². The summed E-state index contributed by atoms with van der Waals surface area (Å²) in [6, 6.07) is -0.144. The molecule has 6 heteroatoms. The van der Waals surface area contributed by atoms with E-state index in [4.69, 9.17) is 11.6 Å². The van der Waals surface area contributed by atoms with E-state index in [-0.39, 0.29) is 6.04 Å². The van der Waals surface area contributed by atoms with Gasteiger partial charge in [-0.3, -0.25) is 10.2 Å². The van der Waals surface area contributed by atoms with Gasteiger partial charge in [-0.25, -0.2) is 10.8 Å². The first-order valence-electron chi connectivity index (χ1n) is 3.37. The van der Waals surface area contributed by atoms with Crippen molar-refractivity contribution in [2.45, 2.75) is 13.0 Å². The summed E-state index contributed by atoms with van der Waals surface area (Å²) >= 11 is 1.35. The molecule has 5 N–H and O–H groups in total. The van der Waals surface area contributed by atoms with Crippen molar-refractivity contribution in [3.05, 3.63) is 16.1 Å². The molecule has 12 heavy (non-hydrogen) atoms. The molecule has 0 bridgehead atoms. The predicted octanol–water partition coefficient (Wildman–Crippen LogP) is -0.234. The standard InChI is InChI=1S/C6H10N4OS/c1-3(7)6-9-4(2-12-6)5(11)10-8/h2-3H,7-8H2,1H3,(H,10,11). The first kappa shape index (κ1) is 9.11. The second-order valence-corrected chi connectivity index (χ2v) is 3.22. The fourth-order valence-corrected chi connectivity index (χ4v) is 1.43. The van der Waals surface area contributed by atoms with Gasteiger partial charge in [-0.05, 0) is 6.92 Å². The van der Waals surface area contributed by atoms with Gasteiger partial charge in [0.15, 0.2) is 0 Å². The maximum absolute atomic E-state index is 10.9. The Morgan fingerprint density at radius 1 is 1.83 bits per heavy atom. The number of hydrogen-bond acceptors (Lipinski definition) is 5. The molecule has 1 rings (SSSR count). The van der Waals surface area contributed by atoms with Crippen LogP contribution in [0.15, 0.2) is 5.38 Å². The van der Waals surface area contributed by atoms with E-state index in [2.05, 4.69) is 4.98 Å². The molecule has 1 unspecified atom stereocenters. The lowest BCUT2D eigenvalue weighted by atomic mass is 10.4. The van der Waals surface area contributed by atoms with Crippen LogP contribution in [0.25, 0.3) is 0 Å². The predicted molar refractivity (Wildman–Crippen MR) is 46.4 cm³/mol. The van der Waals surface area contributed by atoms with Crippen molar-refractivity contribution in [1.29, 1.82) is 0 Å². The molecule has 0 aliphatic carbocycles. The first-order chi connectivity index (χ1) is 5.65. The van der Waals surface area contributed by atoms with Gasteiger partial charge in [0, 0.05) is 5.38 Å². The number of amides is 1. The molecule has 1 aromatic rings. The van der Waals surface area contributed by atoms with Crippen LogP contribution in [-0.2, 0) is 0 Å². The van der Waals surface area contributed by atoms with Crippen molar-refractivity contribution in [3.8, 4) is 0 Å². The maximum atomic E-state index is 10.9. The monoisotopic (exact) mass is 186 g/mol. The van der Waals surface area contributed by atoms with Gasteiger partial charge in [-0.1, -0.05) is 0 Å². The molecule has 1 heterocycles. The minimum atomic E-state index is -0.391. The topological polar surface area (TPSA) is 94.0 Å². The lowest BCUT2D eigenvalue weighted by Crippen LogP contribution is -2.30. The van der Waals surface area contributed by atoms with Crippen molar-refractivity contribution in [2.24, 2.45) is 11.6 Å². The van der Waals surface area contributed by atoms with Crippen molar-refractivity contribution >= 4 is 17.2 Å². The largest absolute Gasteiger partial charge is 0.322 e. The molecule has 0 spiro atoms. The fourth-order valence-electron chi connectivity index (χ4n) is 0.675. The number of nitrogens with zero attached hydrogens (tertiary/aromatic N) is 1. The molecule has 5 nitrogen and oxygen atoms in total. The molecule has 0 saturated carbocycles. The SMILES string of the molecule is CC(N)c1nc(C(=O)NN)cs1. The summed E-state index contributed by atoms with van der Waals surface area (Å²) < 4.78 is 0. The van der Waals surface area contributed by atoms with Gasteiger partial charge in [-0.15, -0.1) is 11.3 Å². The van der Waals surface area contributed by atoms with E-state index in [1.54, 1.807) is 5.38 Å². The van der Waals surface area contributed by atoms with Crippen LogP contribution in [0.4, 0.5) is 0 Å². The number of thiazole rings is 1. The van der Waals surface area contributed by atoms with Crippen LogP contribution in [0.3, 0.4) is 0 Å². The van der Waals surface area contributed by atoms with Crippen LogP contribution in [0.1, 0.15) is 28.5 Å². The molecule has 0 aromatic carbocycles. The van der Waals surface area contributed by atoms with E-state index in [1.165, 1.54) is 11.3 Å². The van der Waals surface area contributed by atoms with Crippen LogP contribution in [0, 0.1) is 0 Å². The number of nitrogens with one attached hydrogen (secondary N) is 1. The Balaban J connectivity index is 2.84.